The first-order chi connectivity index (χ1) is 8.20. The minimum absolute atomic E-state index is 0.282. The Kier molecular flexibility index (Phi) is 4.02. The van der Waals surface area contributed by atoms with Crippen LogP contribution in [0.15, 0.2) is 6.20 Å². The van der Waals surface area contributed by atoms with Crippen LogP contribution in [0, 0.1) is 5.92 Å². The Balaban J connectivity index is 1.98. The molecule has 17 heavy (non-hydrogen) atoms. The van der Waals surface area contributed by atoms with Crippen LogP contribution in [0.2, 0.25) is 5.02 Å². The van der Waals surface area contributed by atoms with Gasteiger partial charge < -0.3 is 14.8 Å². The third-order valence-corrected chi connectivity index (χ3v) is 3.25. The highest BCUT2D eigenvalue weighted by molar-refractivity contribution is 6.32. The molecule has 2 atom stereocenters. The van der Waals surface area contributed by atoms with E-state index in [1.165, 1.54) is 13.3 Å². The quantitative estimate of drug-likeness (QED) is 0.894. The number of anilines is 1. The van der Waals surface area contributed by atoms with Gasteiger partial charge >= 0.3 is 6.01 Å². The zero-order valence-electron chi connectivity index (χ0n) is 9.94. The zero-order valence-corrected chi connectivity index (χ0v) is 10.7. The van der Waals surface area contributed by atoms with Crippen molar-refractivity contribution in [2.75, 3.05) is 25.6 Å². The number of rotatable bonds is 4. The summed E-state index contributed by atoms with van der Waals surface area (Å²) in [6.45, 7) is 3.71. The molecule has 5 nitrogen and oxygen atoms in total. The highest BCUT2D eigenvalue weighted by Crippen LogP contribution is 2.24. The summed E-state index contributed by atoms with van der Waals surface area (Å²) in [5.41, 5.74) is 0. The summed E-state index contributed by atoms with van der Waals surface area (Å²) in [6, 6.07) is 0.313. The van der Waals surface area contributed by atoms with Gasteiger partial charge in [-0.2, -0.15) is 4.98 Å². The van der Waals surface area contributed by atoms with Crippen molar-refractivity contribution in [2.24, 2.45) is 5.92 Å². The summed E-state index contributed by atoms with van der Waals surface area (Å²) < 4.78 is 10.5. The summed E-state index contributed by atoms with van der Waals surface area (Å²) in [5, 5.41) is 3.71. The number of ether oxygens (including phenoxy) is 2. The van der Waals surface area contributed by atoms with Gasteiger partial charge in [-0.1, -0.05) is 11.6 Å². The van der Waals surface area contributed by atoms with E-state index in [0.717, 1.165) is 19.6 Å². The molecule has 2 rings (SSSR count). The van der Waals surface area contributed by atoms with Gasteiger partial charge in [-0.25, -0.2) is 4.98 Å². The Hall–Kier alpha value is -1.07. The summed E-state index contributed by atoms with van der Waals surface area (Å²) in [7, 11) is 1.53. The van der Waals surface area contributed by atoms with E-state index in [1.807, 2.05) is 0 Å². The number of nitrogens with zero attached hydrogens (tertiary/aromatic N) is 2. The van der Waals surface area contributed by atoms with Crippen molar-refractivity contribution in [1.29, 1.82) is 0 Å². The average Bonchev–Trinajstić information content (AvgIpc) is 2.74. The number of methoxy groups -OCH3 is 1. The van der Waals surface area contributed by atoms with Gasteiger partial charge in [0.05, 0.1) is 19.4 Å². The summed E-state index contributed by atoms with van der Waals surface area (Å²) in [5.74, 6) is 1.10. The second-order valence-electron chi connectivity index (χ2n) is 4.06. The number of aromatic nitrogens is 2. The second kappa shape index (κ2) is 5.51. The SMILES string of the molecule is COc1ncc(Cl)c(NCC2CCOC2C)n1. The lowest BCUT2D eigenvalue weighted by molar-refractivity contribution is 0.108. The minimum atomic E-state index is 0.282. The van der Waals surface area contributed by atoms with Crippen molar-refractivity contribution in [1.82, 2.24) is 9.97 Å². The van der Waals surface area contributed by atoms with E-state index < -0.39 is 0 Å². The molecular weight excluding hydrogens is 242 g/mol. The molecule has 0 amide bonds. The molecule has 1 saturated heterocycles. The van der Waals surface area contributed by atoms with Gasteiger partial charge in [-0.15, -0.1) is 0 Å². The smallest absolute Gasteiger partial charge is 0.318 e. The van der Waals surface area contributed by atoms with Gasteiger partial charge in [0.2, 0.25) is 0 Å². The molecule has 0 saturated carbocycles. The maximum absolute atomic E-state index is 6.00. The Morgan fingerprint density at radius 1 is 1.65 bits per heavy atom. The lowest BCUT2D eigenvalue weighted by atomic mass is 10.0. The fraction of sp³-hybridized carbons (Fsp3) is 0.636. The van der Waals surface area contributed by atoms with Crippen LogP contribution in [0.25, 0.3) is 0 Å². The maximum Gasteiger partial charge on any atom is 0.318 e. The van der Waals surface area contributed by atoms with Gasteiger partial charge in [0.25, 0.3) is 0 Å². The molecule has 2 heterocycles. The van der Waals surface area contributed by atoms with Crippen LogP contribution in [-0.4, -0.2) is 36.3 Å². The van der Waals surface area contributed by atoms with Crippen LogP contribution in [0.5, 0.6) is 6.01 Å². The van der Waals surface area contributed by atoms with Gasteiger partial charge in [-0.05, 0) is 13.3 Å². The van der Waals surface area contributed by atoms with Crippen molar-refractivity contribution in [3.63, 3.8) is 0 Å². The molecule has 1 fully saturated rings. The Morgan fingerprint density at radius 3 is 3.12 bits per heavy atom. The molecule has 0 radical (unpaired) electrons. The summed E-state index contributed by atoms with van der Waals surface area (Å²) in [4.78, 5) is 8.08. The predicted molar refractivity (Wildman–Crippen MR) is 65.6 cm³/mol. The van der Waals surface area contributed by atoms with Gasteiger partial charge in [-0.3, -0.25) is 0 Å². The van der Waals surface area contributed by atoms with E-state index in [2.05, 4.69) is 22.2 Å². The van der Waals surface area contributed by atoms with Crippen LogP contribution >= 0.6 is 11.6 Å². The fourth-order valence-corrected chi connectivity index (χ4v) is 2.00. The molecular formula is C11H16ClN3O2. The van der Waals surface area contributed by atoms with E-state index in [1.54, 1.807) is 0 Å². The Morgan fingerprint density at radius 2 is 2.47 bits per heavy atom. The van der Waals surface area contributed by atoms with E-state index in [4.69, 9.17) is 21.1 Å². The molecule has 6 heteroatoms. The molecule has 0 aliphatic carbocycles. The highest BCUT2D eigenvalue weighted by Gasteiger charge is 2.24. The van der Waals surface area contributed by atoms with E-state index in [9.17, 15) is 0 Å². The molecule has 1 aliphatic rings. The number of hydrogen-bond donors (Lipinski definition) is 1. The first-order valence-corrected chi connectivity index (χ1v) is 6.00. The Bertz CT molecular complexity index is 389. The van der Waals surface area contributed by atoms with Gasteiger partial charge in [0.1, 0.15) is 5.02 Å². The first-order valence-electron chi connectivity index (χ1n) is 5.62. The lowest BCUT2D eigenvalue weighted by Gasteiger charge is -2.15. The monoisotopic (exact) mass is 257 g/mol. The van der Waals surface area contributed by atoms with E-state index in [0.29, 0.717) is 22.8 Å². The standard InChI is InChI=1S/C11H16ClN3O2/c1-7-8(3-4-17-7)5-13-10-9(12)6-14-11(15-10)16-2/h6-8H,3-5H2,1-2H3,(H,13,14,15). The van der Waals surface area contributed by atoms with E-state index >= 15 is 0 Å². The molecule has 0 bridgehead atoms. The molecule has 1 aromatic heterocycles. The highest BCUT2D eigenvalue weighted by atomic mass is 35.5. The zero-order chi connectivity index (χ0) is 12.3. The van der Waals surface area contributed by atoms with Crippen molar-refractivity contribution >= 4 is 17.4 Å². The first kappa shape index (κ1) is 12.4. The number of nitrogens with one attached hydrogen (secondary N) is 1. The fourth-order valence-electron chi connectivity index (χ4n) is 1.85. The van der Waals surface area contributed by atoms with Gasteiger partial charge in [0, 0.05) is 19.1 Å². The van der Waals surface area contributed by atoms with E-state index in [-0.39, 0.29) is 6.10 Å². The molecule has 0 aromatic carbocycles. The van der Waals surface area contributed by atoms with Crippen molar-refractivity contribution in [2.45, 2.75) is 19.4 Å². The summed E-state index contributed by atoms with van der Waals surface area (Å²) >= 11 is 6.00. The normalized spacial score (nSPS) is 23.7. The van der Waals surface area contributed by atoms with Gasteiger partial charge in [0.15, 0.2) is 5.82 Å². The number of hydrogen-bond acceptors (Lipinski definition) is 5. The lowest BCUT2D eigenvalue weighted by Crippen LogP contribution is -2.21. The van der Waals surface area contributed by atoms with Crippen molar-refractivity contribution in [3.8, 4) is 6.01 Å². The Labute approximate surface area is 105 Å². The average molecular weight is 258 g/mol. The van der Waals surface area contributed by atoms with Crippen LogP contribution in [0.4, 0.5) is 5.82 Å². The van der Waals surface area contributed by atoms with Crippen molar-refractivity contribution in [3.05, 3.63) is 11.2 Å². The molecule has 1 N–H and O–H groups in total. The van der Waals surface area contributed by atoms with Crippen molar-refractivity contribution < 1.29 is 9.47 Å². The van der Waals surface area contributed by atoms with Crippen LogP contribution in [0.1, 0.15) is 13.3 Å². The third kappa shape index (κ3) is 2.98. The predicted octanol–water partition coefficient (Wildman–Crippen LogP) is 1.98. The molecule has 2 unspecified atom stereocenters. The maximum atomic E-state index is 6.00. The van der Waals surface area contributed by atoms with Crippen LogP contribution < -0.4 is 10.1 Å². The summed E-state index contributed by atoms with van der Waals surface area (Å²) in [6.07, 6.45) is 2.88. The third-order valence-electron chi connectivity index (χ3n) is 2.97. The molecule has 1 aromatic rings. The van der Waals surface area contributed by atoms with Crippen LogP contribution in [0.3, 0.4) is 0 Å². The number of halogens is 1. The molecule has 94 valence electrons. The largest absolute Gasteiger partial charge is 0.467 e. The minimum Gasteiger partial charge on any atom is -0.467 e. The topological polar surface area (TPSA) is 56.3 Å². The second-order valence-corrected chi connectivity index (χ2v) is 4.47. The molecule has 0 spiro atoms. The van der Waals surface area contributed by atoms with Crippen LogP contribution in [-0.2, 0) is 4.74 Å². The molecule has 1 aliphatic heterocycles.